The van der Waals surface area contributed by atoms with Gasteiger partial charge in [-0.1, -0.05) is 54.1 Å². The minimum absolute atomic E-state index is 0.684. The van der Waals surface area contributed by atoms with Crippen LogP contribution in [0.25, 0.3) is 33.3 Å². The Morgan fingerprint density at radius 1 is 0.880 bits per heavy atom. The summed E-state index contributed by atoms with van der Waals surface area (Å²) in [7, 11) is 0. The largest absolute Gasteiger partial charge is 0.435 e. The zero-order chi connectivity index (χ0) is 17.4. The maximum atomic E-state index is 6.24. The molecule has 4 aromatic rings. The SMILES string of the molecule is Cc1cc(C)c(-c2nc(-c3cccs3)oc2-c2ccccc2)c(C)c1. The lowest BCUT2D eigenvalue weighted by Gasteiger charge is -2.10. The number of oxazole rings is 1. The minimum atomic E-state index is 0.684. The third kappa shape index (κ3) is 2.92. The standard InChI is InChI=1S/C22H19NOS/c1-14-12-15(2)19(16(3)13-14)20-21(17-8-5-4-6-9-17)24-22(23-20)18-10-7-11-25-18/h4-13H,1-3H3. The van der Waals surface area contributed by atoms with Crippen molar-refractivity contribution in [3.63, 3.8) is 0 Å². The van der Waals surface area contributed by atoms with Crippen LogP contribution in [0.1, 0.15) is 16.7 Å². The van der Waals surface area contributed by atoms with Gasteiger partial charge < -0.3 is 4.42 Å². The molecule has 0 N–H and O–H groups in total. The molecule has 2 heterocycles. The quantitative estimate of drug-likeness (QED) is 0.415. The number of aryl methyl sites for hydroxylation is 3. The molecule has 4 rings (SSSR count). The van der Waals surface area contributed by atoms with Crippen molar-refractivity contribution in [2.24, 2.45) is 0 Å². The molecule has 0 aliphatic heterocycles. The van der Waals surface area contributed by atoms with Gasteiger partial charge in [-0.05, 0) is 43.3 Å². The third-order valence-corrected chi connectivity index (χ3v) is 5.17. The van der Waals surface area contributed by atoms with E-state index in [-0.39, 0.29) is 0 Å². The van der Waals surface area contributed by atoms with E-state index in [1.54, 1.807) is 11.3 Å². The summed E-state index contributed by atoms with van der Waals surface area (Å²) in [6.07, 6.45) is 0. The fraction of sp³-hybridized carbons (Fsp3) is 0.136. The molecule has 0 saturated carbocycles. The third-order valence-electron chi connectivity index (χ3n) is 4.31. The molecule has 0 bridgehead atoms. The smallest absolute Gasteiger partial charge is 0.237 e. The Labute approximate surface area is 151 Å². The second-order valence-electron chi connectivity index (χ2n) is 6.31. The van der Waals surface area contributed by atoms with Crippen LogP contribution in [0.15, 0.2) is 64.4 Å². The Kier molecular flexibility index (Phi) is 4.02. The molecule has 25 heavy (non-hydrogen) atoms. The van der Waals surface area contributed by atoms with E-state index < -0.39 is 0 Å². The average molecular weight is 345 g/mol. The summed E-state index contributed by atoms with van der Waals surface area (Å²) in [5, 5.41) is 2.05. The molecule has 0 spiro atoms. The lowest BCUT2D eigenvalue weighted by molar-refractivity contribution is 0.591. The van der Waals surface area contributed by atoms with E-state index >= 15 is 0 Å². The summed E-state index contributed by atoms with van der Waals surface area (Å²) in [5.74, 6) is 1.52. The molecule has 0 amide bonds. The molecule has 0 aliphatic rings. The highest BCUT2D eigenvalue weighted by atomic mass is 32.1. The van der Waals surface area contributed by atoms with Gasteiger partial charge in [-0.25, -0.2) is 4.98 Å². The van der Waals surface area contributed by atoms with Crippen LogP contribution in [0.3, 0.4) is 0 Å². The van der Waals surface area contributed by atoms with Crippen LogP contribution in [-0.4, -0.2) is 4.98 Å². The normalized spacial score (nSPS) is 11.0. The van der Waals surface area contributed by atoms with Gasteiger partial charge in [0.1, 0.15) is 5.69 Å². The van der Waals surface area contributed by atoms with E-state index in [0.717, 1.165) is 27.5 Å². The van der Waals surface area contributed by atoms with Crippen molar-refractivity contribution >= 4 is 11.3 Å². The molecule has 0 aliphatic carbocycles. The van der Waals surface area contributed by atoms with Gasteiger partial charge in [0.25, 0.3) is 0 Å². The van der Waals surface area contributed by atoms with E-state index in [1.165, 1.54) is 16.7 Å². The topological polar surface area (TPSA) is 26.0 Å². The molecule has 0 saturated heterocycles. The maximum absolute atomic E-state index is 6.24. The molecule has 0 fully saturated rings. The van der Waals surface area contributed by atoms with Gasteiger partial charge in [-0.3, -0.25) is 0 Å². The predicted molar refractivity (Wildman–Crippen MR) is 105 cm³/mol. The molecule has 3 heteroatoms. The van der Waals surface area contributed by atoms with Crippen molar-refractivity contribution in [2.45, 2.75) is 20.8 Å². The highest BCUT2D eigenvalue weighted by Gasteiger charge is 2.21. The zero-order valence-electron chi connectivity index (χ0n) is 14.5. The van der Waals surface area contributed by atoms with Gasteiger partial charge in [0.2, 0.25) is 5.89 Å². The molecular formula is C22H19NOS. The molecule has 124 valence electrons. The first-order valence-corrected chi connectivity index (χ1v) is 9.20. The van der Waals surface area contributed by atoms with Crippen LogP contribution in [0.4, 0.5) is 0 Å². The van der Waals surface area contributed by atoms with Crippen molar-refractivity contribution in [3.05, 3.63) is 76.7 Å². The van der Waals surface area contributed by atoms with E-state index in [2.05, 4.69) is 45.0 Å². The number of thiophene rings is 1. The Hall–Kier alpha value is -2.65. The van der Waals surface area contributed by atoms with Gasteiger partial charge in [-0.15, -0.1) is 11.3 Å². The molecule has 0 atom stereocenters. The van der Waals surface area contributed by atoms with Crippen LogP contribution in [-0.2, 0) is 0 Å². The average Bonchev–Trinajstić information content (AvgIpc) is 3.24. The predicted octanol–water partition coefficient (Wildman–Crippen LogP) is 6.66. The zero-order valence-corrected chi connectivity index (χ0v) is 15.4. The Bertz CT molecular complexity index is 991. The first-order chi connectivity index (χ1) is 12.1. The molecule has 0 radical (unpaired) electrons. The van der Waals surface area contributed by atoms with Crippen LogP contribution in [0, 0.1) is 20.8 Å². The molecule has 0 unspecified atom stereocenters. The lowest BCUT2D eigenvalue weighted by Crippen LogP contribution is -1.92. The first kappa shape index (κ1) is 15.9. The number of benzene rings is 2. The first-order valence-electron chi connectivity index (χ1n) is 8.32. The second kappa shape index (κ2) is 6.34. The molecule has 2 aromatic heterocycles. The second-order valence-corrected chi connectivity index (χ2v) is 7.26. The Morgan fingerprint density at radius 3 is 2.24 bits per heavy atom. The molecule has 2 aromatic carbocycles. The summed E-state index contributed by atoms with van der Waals surface area (Å²) in [4.78, 5) is 5.94. The van der Waals surface area contributed by atoms with Crippen molar-refractivity contribution in [1.29, 1.82) is 0 Å². The van der Waals surface area contributed by atoms with Crippen molar-refractivity contribution < 1.29 is 4.42 Å². The van der Waals surface area contributed by atoms with E-state index in [1.807, 2.05) is 35.7 Å². The van der Waals surface area contributed by atoms with E-state index in [0.29, 0.717) is 5.89 Å². The number of rotatable bonds is 3. The van der Waals surface area contributed by atoms with Gasteiger partial charge in [0.05, 0.1) is 4.88 Å². The monoisotopic (exact) mass is 345 g/mol. The number of aromatic nitrogens is 1. The van der Waals surface area contributed by atoms with Gasteiger partial charge >= 0.3 is 0 Å². The van der Waals surface area contributed by atoms with Crippen LogP contribution >= 0.6 is 11.3 Å². The number of nitrogens with zero attached hydrogens (tertiary/aromatic N) is 1. The Morgan fingerprint density at radius 2 is 1.60 bits per heavy atom. The van der Waals surface area contributed by atoms with E-state index in [4.69, 9.17) is 9.40 Å². The summed E-state index contributed by atoms with van der Waals surface area (Å²) < 4.78 is 6.24. The van der Waals surface area contributed by atoms with Gasteiger partial charge in [0.15, 0.2) is 5.76 Å². The molecular weight excluding hydrogens is 326 g/mol. The van der Waals surface area contributed by atoms with Crippen molar-refractivity contribution in [2.75, 3.05) is 0 Å². The van der Waals surface area contributed by atoms with Crippen LogP contribution in [0.2, 0.25) is 0 Å². The minimum Gasteiger partial charge on any atom is -0.435 e. The number of hydrogen-bond donors (Lipinski definition) is 0. The summed E-state index contributed by atoms with van der Waals surface area (Å²) in [5.41, 5.74) is 6.84. The van der Waals surface area contributed by atoms with Crippen LogP contribution < -0.4 is 0 Å². The van der Waals surface area contributed by atoms with Crippen LogP contribution in [0.5, 0.6) is 0 Å². The van der Waals surface area contributed by atoms with E-state index in [9.17, 15) is 0 Å². The highest BCUT2D eigenvalue weighted by Crippen LogP contribution is 2.39. The van der Waals surface area contributed by atoms with Crippen molar-refractivity contribution in [3.8, 4) is 33.3 Å². The summed E-state index contributed by atoms with van der Waals surface area (Å²) >= 11 is 1.64. The number of hydrogen-bond acceptors (Lipinski definition) is 3. The molecule has 2 nitrogen and oxygen atoms in total. The maximum Gasteiger partial charge on any atom is 0.237 e. The fourth-order valence-corrected chi connectivity index (χ4v) is 3.98. The van der Waals surface area contributed by atoms with Gasteiger partial charge in [0, 0.05) is 11.1 Å². The summed E-state index contributed by atoms with van der Waals surface area (Å²) in [6, 6.07) is 18.7. The fourth-order valence-electron chi connectivity index (χ4n) is 3.33. The van der Waals surface area contributed by atoms with Gasteiger partial charge in [-0.2, -0.15) is 0 Å². The van der Waals surface area contributed by atoms with Crippen molar-refractivity contribution in [1.82, 2.24) is 4.98 Å². The summed E-state index contributed by atoms with van der Waals surface area (Å²) in [6.45, 7) is 6.41. The Balaban J connectivity index is 1.98. The highest BCUT2D eigenvalue weighted by molar-refractivity contribution is 7.13. The lowest BCUT2D eigenvalue weighted by atomic mass is 9.95.